The molecule has 130 valence electrons. The van der Waals surface area contributed by atoms with Crippen molar-refractivity contribution in [2.45, 2.75) is 39.2 Å². The predicted octanol–water partition coefficient (Wildman–Crippen LogP) is 2.57. The van der Waals surface area contributed by atoms with E-state index < -0.39 is 5.60 Å². The summed E-state index contributed by atoms with van der Waals surface area (Å²) in [7, 11) is 1.78. The number of urea groups is 1. The van der Waals surface area contributed by atoms with Gasteiger partial charge in [0.15, 0.2) is 0 Å². The van der Waals surface area contributed by atoms with Gasteiger partial charge in [-0.2, -0.15) is 5.10 Å². The molecule has 2 rings (SSSR count). The second-order valence-corrected chi connectivity index (χ2v) is 6.18. The second kappa shape index (κ2) is 7.49. The Morgan fingerprint density at radius 1 is 1.33 bits per heavy atom. The van der Waals surface area contributed by atoms with E-state index in [0.717, 1.165) is 24.1 Å². The van der Waals surface area contributed by atoms with Gasteiger partial charge in [-0.25, -0.2) is 4.79 Å². The number of rotatable bonds is 6. The minimum atomic E-state index is -1.18. The van der Waals surface area contributed by atoms with Gasteiger partial charge >= 0.3 is 6.03 Å². The van der Waals surface area contributed by atoms with Gasteiger partial charge in [-0.1, -0.05) is 26.0 Å². The summed E-state index contributed by atoms with van der Waals surface area (Å²) in [6.07, 6.45) is 5.09. The molecule has 2 amide bonds. The number of hydrogen-bond acceptors (Lipinski definition) is 3. The molecule has 0 saturated heterocycles. The van der Waals surface area contributed by atoms with Crippen molar-refractivity contribution in [1.82, 2.24) is 15.1 Å². The van der Waals surface area contributed by atoms with Crippen molar-refractivity contribution in [3.63, 3.8) is 0 Å². The van der Waals surface area contributed by atoms with Crippen molar-refractivity contribution in [2.75, 3.05) is 11.9 Å². The van der Waals surface area contributed by atoms with Crippen molar-refractivity contribution >= 4 is 11.7 Å². The maximum absolute atomic E-state index is 12.2. The first-order chi connectivity index (χ1) is 11.4. The van der Waals surface area contributed by atoms with Crippen LogP contribution in [0.25, 0.3) is 0 Å². The first-order valence-electron chi connectivity index (χ1n) is 8.24. The number of nitrogens with one attached hydrogen (secondary N) is 2. The molecule has 1 unspecified atom stereocenters. The van der Waals surface area contributed by atoms with E-state index in [9.17, 15) is 9.90 Å². The van der Waals surface area contributed by atoms with Gasteiger partial charge in [-0.15, -0.1) is 0 Å². The molecule has 0 radical (unpaired) electrons. The maximum atomic E-state index is 12.2. The van der Waals surface area contributed by atoms with Crippen LogP contribution in [0.4, 0.5) is 10.5 Å². The average Bonchev–Trinajstić information content (AvgIpc) is 3.00. The Hall–Kier alpha value is -2.34. The Labute approximate surface area is 142 Å². The van der Waals surface area contributed by atoms with Gasteiger partial charge in [-0.3, -0.25) is 4.68 Å². The zero-order valence-corrected chi connectivity index (χ0v) is 14.8. The number of aliphatic hydroxyl groups is 1. The standard InChI is InChI=1S/C18H26N4O2/c1-5-13-7-8-14(6-2)16(9-13)21-17(23)19-12-18(3,24)15-10-20-22(4)11-15/h7-11,24H,5-6,12H2,1-4H3,(H2,19,21,23). The molecule has 0 aliphatic heterocycles. The first-order valence-corrected chi connectivity index (χ1v) is 8.24. The van der Waals surface area contributed by atoms with Crippen molar-refractivity contribution in [2.24, 2.45) is 7.05 Å². The van der Waals surface area contributed by atoms with E-state index in [2.05, 4.69) is 35.6 Å². The van der Waals surface area contributed by atoms with Crippen LogP contribution in [0.15, 0.2) is 30.6 Å². The SMILES string of the molecule is CCc1ccc(CC)c(NC(=O)NCC(C)(O)c2cnn(C)c2)c1. The minimum absolute atomic E-state index is 0.0967. The molecule has 0 bridgehead atoms. The van der Waals surface area contributed by atoms with Gasteiger partial charge in [0.1, 0.15) is 5.60 Å². The fourth-order valence-electron chi connectivity index (χ4n) is 2.49. The lowest BCUT2D eigenvalue weighted by molar-refractivity contribution is 0.0599. The average molecular weight is 330 g/mol. The lowest BCUT2D eigenvalue weighted by Crippen LogP contribution is -2.40. The lowest BCUT2D eigenvalue weighted by atomic mass is 10.00. The third-order valence-electron chi connectivity index (χ3n) is 4.13. The maximum Gasteiger partial charge on any atom is 0.319 e. The van der Waals surface area contributed by atoms with Gasteiger partial charge in [0, 0.05) is 24.5 Å². The number of anilines is 1. The summed E-state index contributed by atoms with van der Waals surface area (Å²) >= 11 is 0. The number of nitrogens with zero attached hydrogens (tertiary/aromatic N) is 2. The topological polar surface area (TPSA) is 79.2 Å². The molecule has 1 atom stereocenters. The highest BCUT2D eigenvalue weighted by Crippen LogP contribution is 2.20. The van der Waals surface area contributed by atoms with Gasteiger partial charge in [0.05, 0.1) is 12.7 Å². The summed E-state index contributed by atoms with van der Waals surface area (Å²) in [6.45, 7) is 5.88. The van der Waals surface area contributed by atoms with E-state index >= 15 is 0 Å². The number of hydrogen-bond donors (Lipinski definition) is 3. The Morgan fingerprint density at radius 3 is 2.67 bits per heavy atom. The highest BCUT2D eigenvalue weighted by Gasteiger charge is 2.25. The number of benzene rings is 1. The molecule has 6 nitrogen and oxygen atoms in total. The predicted molar refractivity (Wildman–Crippen MR) is 95.0 cm³/mol. The van der Waals surface area contributed by atoms with Gasteiger partial charge in [0.2, 0.25) is 0 Å². The molecule has 0 aliphatic carbocycles. The smallest absolute Gasteiger partial charge is 0.319 e. The summed E-state index contributed by atoms with van der Waals surface area (Å²) in [6, 6.07) is 5.79. The van der Waals surface area contributed by atoms with Crippen molar-refractivity contribution in [3.05, 3.63) is 47.3 Å². The normalized spacial score (nSPS) is 13.4. The lowest BCUT2D eigenvalue weighted by Gasteiger charge is -2.22. The summed E-state index contributed by atoms with van der Waals surface area (Å²) in [5.41, 5.74) is 2.55. The summed E-state index contributed by atoms with van der Waals surface area (Å²) in [5.74, 6) is 0. The van der Waals surface area contributed by atoms with Crippen molar-refractivity contribution in [1.29, 1.82) is 0 Å². The third-order valence-corrected chi connectivity index (χ3v) is 4.13. The quantitative estimate of drug-likeness (QED) is 0.761. The fourth-order valence-corrected chi connectivity index (χ4v) is 2.49. The largest absolute Gasteiger partial charge is 0.383 e. The molecular weight excluding hydrogens is 304 g/mol. The number of carbonyl (C=O) groups excluding carboxylic acids is 1. The zero-order valence-electron chi connectivity index (χ0n) is 14.8. The highest BCUT2D eigenvalue weighted by molar-refractivity contribution is 5.90. The number of carbonyl (C=O) groups is 1. The summed E-state index contributed by atoms with van der Waals surface area (Å²) < 4.78 is 1.62. The van der Waals surface area contributed by atoms with Crippen LogP contribution in [0.5, 0.6) is 0 Å². The monoisotopic (exact) mass is 330 g/mol. The van der Waals surface area contributed by atoms with E-state index in [1.54, 1.807) is 31.0 Å². The number of aryl methyl sites for hydroxylation is 3. The molecular formula is C18H26N4O2. The number of aromatic nitrogens is 2. The van der Waals surface area contributed by atoms with Gasteiger partial charge in [0.25, 0.3) is 0 Å². The van der Waals surface area contributed by atoms with Crippen LogP contribution >= 0.6 is 0 Å². The van der Waals surface area contributed by atoms with Crippen LogP contribution in [-0.2, 0) is 25.5 Å². The summed E-state index contributed by atoms with van der Waals surface area (Å²) in [4.78, 5) is 12.2. The zero-order chi connectivity index (χ0) is 17.7. The molecule has 0 saturated carbocycles. The van der Waals surface area contributed by atoms with Crippen LogP contribution in [0.1, 0.15) is 37.5 Å². The van der Waals surface area contributed by atoms with E-state index in [1.807, 2.05) is 12.1 Å². The Balaban J connectivity index is 2.01. The molecule has 0 spiro atoms. The molecule has 2 aromatic rings. The molecule has 3 N–H and O–H groups in total. The number of amides is 2. The summed E-state index contributed by atoms with van der Waals surface area (Å²) in [5, 5.41) is 20.2. The first kappa shape index (κ1) is 18.0. The van der Waals surface area contributed by atoms with E-state index in [0.29, 0.717) is 5.56 Å². The van der Waals surface area contributed by atoms with Crippen LogP contribution in [-0.4, -0.2) is 27.5 Å². The molecule has 24 heavy (non-hydrogen) atoms. The third kappa shape index (κ3) is 4.35. The molecule has 1 aromatic carbocycles. The molecule has 0 aliphatic rings. The van der Waals surface area contributed by atoms with Crippen molar-refractivity contribution < 1.29 is 9.90 Å². The second-order valence-electron chi connectivity index (χ2n) is 6.18. The highest BCUT2D eigenvalue weighted by atomic mass is 16.3. The van der Waals surface area contributed by atoms with Crippen LogP contribution in [0.2, 0.25) is 0 Å². The Bertz CT molecular complexity index is 707. The van der Waals surface area contributed by atoms with Crippen LogP contribution < -0.4 is 10.6 Å². The molecule has 1 heterocycles. The van der Waals surface area contributed by atoms with Gasteiger partial charge in [-0.05, 0) is 37.0 Å². The fraction of sp³-hybridized carbons (Fsp3) is 0.444. The van der Waals surface area contributed by atoms with Crippen molar-refractivity contribution in [3.8, 4) is 0 Å². The van der Waals surface area contributed by atoms with Gasteiger partial charge < -0.3 is 15.7 Å². The van der Waals surface area contributed by atoms with E-state index in [4.69, 9.17) is 0 Å². The van der Waals surface area contributed by atoms with Crippen LogP contribution in [0, 0.1) is 0 Å². The van der Waals surface area contributed by atoms with Crippen LogP contribution in [0.3, 0.4) is 0 Å². The molecule has 1 aromatic heterocycles. The van der Waals surface area contributed by atoms with E-state index in [1.165, 1.54) is 5.56 Å². The minimum Gasteiger partial charge on any atom is -0.383 e. The van der Waals surface area contributed by atoms with E-state index in [-0.39, 0.29) is 12.6 Å². The molecule has 0 fully saturated rings. The Morgan fingerprint density at radius 2 is 2.08 bits per heavy atom. The Kier molecular flexibility index (Phi) is 5.62. The molecule has 6 heteroatoms.